The molecule has 1 fully saturated rings. The number of carbonyl (C=O) groups excluding carboxylic acids is 1. The molecule has 134 valence electrons. The first kappa shape index (κ1) is 20.2. The molecule has 0 aliphatic carbocycles. The second kappa shape index (κ2) is 6.20. The number of hydrogen-bond acceptors (Lipinski definition) is 3. The normalized spacial score (nSPS) is 27.0. The van der Waals surface area contributed by atoms with E-state index in [9.17, 15) is 14.7 Å². The van der Waals surface area contributed by atoms with Crippen molar-refractivity contribution in [3.05, 3.63) is 0 Å². The lowest BCUT2D eigenvalue weighted by molar-refractivity contribution is -0.131. The smallest absolute Gasteiger partial charge is 0.408 e. The lowest BCUT2D eigenvalue weighted by atomic mass is 9.68. The maximum Gasteiger partial charge on any atom is 0.408 e. The van der Waals surface area contributed by atoms with Gasteiger partial charge in [-0.25, -0.2) is 4.79 Å². The van der Waals surface area contributed by atoms with E-state index in [1.165, 1.54) is 4.90 Å². The Morgan fingerprint density at radius 2 is 1.78 bits per heavy atom. The number of amides is 1. The van der Waals surface area contributed by atoms with Crippen LogP contribution >= 0.6 is 0 Å². The summed E-state index contributed by atoms with van der Waals surface area (Å²) in [6, 6.07) is 0. The molecule has 2 atom stereocenters. The lowest BCUT2D eigenvalue weighted by Crippen LogP contribution is -2.65. The van der Waals surface area contributed by atoms with Crippen LogP contribution in [0.3, 0.4) is 0 Å². The number of aldehydes is 1. The molecule has 1 N–H and O–H groups in total. The van der Waals surface area contributed by atoms with E-state index in [1.54, 1.807) is 0 Å². The molecular formula is C17H33NO4Si. The number of likely N-dealkylation sites (tertiary alicyclic amines) is 1. The fraction of sp³-hybridized carbons (Fsp3) is 0.882. The average molecular weight is 344 g/mol. The Kier molecular flexibility index (Phi) is 5.44. The zero-order valence-electron chi connectivity index (χ0n) is 15.9. The van der Waals surface area contributed by atoms with Crippen molar-refractivity contribution in [1.82, 2.24) is 4.90 Å². The van der Waals surface area contributed by atoms with Crippen molar-refractivity contribution in [2.75, 3.05) is 6.54 Å². The van der Waals surface area contributed by atoms with Crippen molar-refractivity contribution in [1.29, 1.82) is 0 Å². The largest absolute Gasteiger partial charge is 0.465 e. The van der Waals surface area contributed by atoms with E-state index in [-0.39, 0.29) is 17.7 Å². The molecule has 5 nitrogen and oxygen atoms in total. The molecule has 0 aromatic carbocycles. The van der Waals surface area contributed by atoms with Crippen LogP contribution in [0, 0.1) is 5.41 Å². The predicted octanol–water partition coefficient (Wildman–Crippen LogP) is 4.13. The van der Waals surface area contributed by atoms with Crippen LogP contribution < -0.4 is 0 Å². The van der Waals surface area contributed by atoms with Crippen LogP contribution in [0.2, 0.25) is 18.1 Å². The molecule has 0 bridgehead atoms. The van der Waals surface area contributed by atoms with E-state index in [4.69, 9.17) is 4.43 Å². The van der Waals surface area contributed by atoms with Gasteiger partial charge in [-0.15, -0.1) is 0 Å². The molecule has 6 heteroatoms. The van der Waals surface area contributed by atoms with E-state index in [0.717, 1.165) is 6.29 Å². The molecule has 0 unspecified atom stereocenters. The minimum Gasteiger partial charge on any atom is -0.465 e. The highest BCUT2D eigenvalue weighted by Crippen LogP contribution is 2.44. The summed E-state index contributed by atoms with van der Waals surface area (Å²) in [6.07, 6.45) is 0.861. The van der Waals surface area contributed by atoms with Crippen molar-refractivity contribution in [3.8, 4) is 0 Å². The van der Waals surface area contributed by atoms with Gasteiger partial charge in [-0.05, 0) is 36.4 Å². The molecule has 0 spiro atoms. The third-order valence-electron chi connectivity index (χ3n) is 5.71. The van der Waals surface area contributed by atoms with Crippen molar-refractivity contribution < 1.29 is 19.1 Å². The summed E-state index contributed by atoms with van der Waals surface area (Å²) in [4.78, 5) is 25.0. The molecule has 23 heavy (non-hydrogen) atoms. The van der Waals surface area contributed by atoms with E-state index in [1.807, 2.05) is 20.8 Å². The van der Waals surface area contributed by atoms with Crippen LogP contribution in [0.1, 0.15) is 54.4 Å². The minimum atomic E-state index is -1.97. The lowest BCUT2D eigenvalue weighted by Gasteiger charge is -2.53. The molecule has 1 aliphatic heterocycles. The first-order valence-electron chi connectivity index (χ1n) is 8.33. The van der Waals surface area contributed by atoms with E-state index in [2.05, 4.69) is 33.9 Å². The third-order valence-corrected chi connectivity index (χ3v) is 10.2. The summed E-state index contributed by atoms with van der Waals surface area (Å²) in [5.74, 6) is 0. The van der Waals surface area contributed by atoms with Crippen LogP contribution in [0.5, 0.6) is 0 Å². The van der Waals surface area contributed by atoms with Gasteiger partial charge < -0.3 is 14.3 Å². The van der Waals surface area contributed by atoms with Crippen molar-refractivity contribution in [2.24, 2.45) is 5.41 Å². The Morgan fingerprint density at radius 1 is 1.26 bits per heavy atom. The second-order valence-electron chi connectivity index (χ2n) is 9.22. The van der Waals surface area contributed by atoms with Gasteiger partial charge >= 0.3 is 6.09 Å². The fourth-order valence-electron chi connectivity index (χ4n) is 2.99. The first-order chi connectivity index (χ1) is 10.2. The SMILES string of the molecule is CC(C)(C)[C@@]1(C=O)CC[C@@H](O[Si](C)(C)C(C)(C)C)CN1C(=O)O. The topological polar surface area (TPSA) is 66.8 Å². The number of piperidine rings is 1. The van der Waals surface area contributed by atoms with Gasteiger partial charge in [0.15, 0.2) is 8.32 Å². The van der Waals surface area contributed by atoms with E-state index < -0.39 is 25.4 Å². The molecule has 1 rings (SSSR count). The Morgan fingerprint density at radius 3 is 2.13 bits per heavy atom. The minimum absolute atomic E-state index is 0.0737. The van der Waals surface area contributed by atoms with Crippen LogP contribution in [0.15, 0.2) is 0 Å². The van der Waals surface area contributed by atoms with E-state index >= 15 is 0 Å². The monoisotopic (exact) mass is 343 g/mol. The number of rotatable bonds is 3. The average Bonchev–Trinajstić information content (AvgIpc) is 2.35. The maximum atomic E-state index is 11.9. The van der Waals surface area contributed by atoms with Crippen LogP contribution in [0.4, 0.5) is 4.79 Å². The second-order valence-corrected chi connectivity index (χ2v) is 14.0. The predicted molar refractivity (Wildman–Crippen MR) is 94.3 cm³/mol. The summed E-state index contributed by atoms with van der Waals surface area (Å²) in [6.45, 7) is 16.9. The Bertz CT molecular complexity index is 464. The quantitative estimate of drug-likeness (QED) is 0.618. The Balaban J connectivity index is 3.06. The zero-order valence-corrected chi connectivity index (χ0v) is 16.9. The number of hydrogen-bond donors (Lipinski definition) is 1. The Labute approximate surface area is 141 Å². The Hall–Kier alpha value is -0.883. The van der Waals surface area contributed by atoms with Gasteiger partial charge in [0.1, 0.15) is 11.8 Å². The van der Waals surface area contributed by atoms with Crippen molar-refractivity contribution >= 4 is 20.7 Å². The number of carbonyl (C=O) groups is 2. The molecular weight excluding hydrogens is 310 g/mol. The molecule has 1 saturated heterocycles. The fourth-order valence-corrected chi connectivity index (χ4v) is 4.37. The van der Waals surface area contributed by atoms with Gasteiger partial charge in [0.2, 0.25) is 0 Å². The van der Waals surface area contributed by atoms with Gasteiger partial charge in [-0.3, -0.25) is 4.90 Å². The summed E-state index contributed by atoms with van der Waals surface area (Å²) in [5.41, 5.74) is -1.43. The van der Waals surface area contributed by atoms with E-state index in [0.29, 0.717) is 12.8 Å². The summed E-state index contributed by atoms with van der Waals surface area (Å²) in [5, 5.41) is 9.74. The van der Waals surface area contributed by atoms with Crippen LogP contribution in [-0.2, 0) is 9.22 Å². The van der Waals surface area contributed by atoms with Crippen molar-refractivity contribution in [2.45, 2.75) is 84.2 Å². The molecule has 0 aromatic heterocycles. The number of nitrogens with zero attached hydrogens (tertiary/aromatic N) is 1. The zero-order chi connectivity index (χ0) is 18.3. The van der Waals surface area contributed by atoms with Crippen molar-refractivity contribution in [3.63, 3.8) is 0 Å². The summed E-state index contributed by atoms with van der Waals surface area (Å²) in [7, 11) is -1.97. The standard InChI is InChI=1S/C17H33NO4Si/c1-15(2,3)17(12-19)10-9-13(11-18(17)14(20)21)22-23(7,8)16(4,5)6/h12-13H,9-11H2,1-8H3,(H,20,21)/t13-,17+/m1/s1. The number of carboxylic acid groups (broad SMARTS) is 1. The molecule has 1 aliphatic rings. The molecule has 0 radical (unpaired) electrons. The highest BCUT2D eigenvalue weighted by Gasteiger charge is 2.53. The first-order valence-corrected chi connectivity index (χ1v) is 11.2. The van der Waals surface area contributed by atoms with Crippen LogP contribution in [0.25, 0.3) is 0 Å². The maximum absolute atomic E-state index is 11.9. The van der Waals surface area contributed by atoms with Gasteiger partial charge in [-0.2, -0.15) is 0 Å². The van der Waals surface area contributed by atoms with Crippen LogP contribution in [-0.4, -0.2) is 48.9 Å². The molecule has 0 saturated carbocycles. The highest BCUT2D eigenvalue weighted by atomic mass is 28.4. The van der Waals surface area contributed by atoms with Gasteiger partial charge in [0.05, 0.1) is 6.10 Å². The molecule has 0 aromatic rings. The third kappa shape index (κ3) is 3.79. The summed E-state index contributed by atoms with van der Waals surface area (Å²) >= 11 is 0. The molecule has 1 amide bonds. The summed E-state index contributed by atoms with van der Waals surface area (Å²) < 4.78 is 6.39. The highest BCUT2D eigenvalue weighted by molar-refractivity contribution is 6.74. The van der Waals surface area contributed by atoms with Gasteiger partial charge in [0, 0.05) is 6.54 Å². The van der Waals surface area contributed by atoms with Gasteiger partial charge in [0.25, 0.3) is 0 Å². The molecule has 1 heterocycles. The van der Waals surface area contributed by atoms with Gasteiger partial charge in [-0.1, -0.05) is 41.5 Å².